The summed E-state index contributed by atoms with van der Waals surface area (Å²) in [6, 6.07) is 5.51. The fourth-order valence-electron chi connectivity index (χ4n) is 1.46. The van der Waals surface area contributed by atoms with Crippen molar-refractivity contribution in [2.24, 2.45) is 5.73 Å². The van der Waals surface area contributed by atoms with Gasteiger partial charge in [0.25, 0.3) is 0 Å². The van der Waals surface area contributed by atoms with Gasteiger partial charge in [0.15, 0.2) is 0 Å². The van der Waals surface area contributed by atoms with Crippen LogP contribution in [0.25, 0.3) is 10.6 Å². The van der Waals surface area contributed by atoms with Gasteiger partial charge in [-0.05, 0) is 25.1 Å². The van der Waals surface area contributed by atoms with Crippen molar-refractivity contribution in [1.29, 1.82) is 0 Å². The molecule has 3 nitrogen and oxygen atoms in total. The summed E-state index contributed by atoms with van der Waals surface area (Å²) in [7, 11) is 1.62. The maximum Gasteiger partial charge on any atom is 0.130 e. The van der Waals surface area contributed by atoms with Crippen LogP contribution < -0.4 is 10.5 Å². The van der Waals surface area contributed by atoms with Gasteiger partial charge in [0.05, 0.1) is 12.7 Å². The van der Waals surface area contributed by atoms with Gasteiger partial charge in [-0.25, -0.2) is 4.98 Å². The molecule has 5 heteroatoms. The molecule has 1 unspecified atom stereocenters. The zero-order chi connectivity index (χ0) is 12.4. The fraction of sp³-hybridized carbons (Fsp3) is 0.250. The zero-order valence-corrected chi connectivity index (χ0v) is 11.2. The van der Waals surface area contributed by atoms with Crippen LogP contribution in [0.2, 0.25) is 5.02 Å². The minimum absolute atomic E-state index is 0.000421. The quantitative estimate of drug-likeness (QED) is 0.927. The van der Waals surface area contributed by atoms with Gasteiger partial charge in [-0.3, -0.25) is 0 Å². The molecule has 0 aliphatic heterocycles. The molecular formula is C12H13ClN2OS. The highest BCUT2D eigenvalue weighted by Gasteiger charge is 2.12. The minimum atomic E-state index is -0.000421. The summed E-state index contributed by atoms with van der Waals surface area (Å²) in [5.41, 5.74) is 6.76. The average Bonchev–Trinajstić information content (AvgIpc) is 2.78. The van der Waals surface area contributed by atoms with Crippen molar-refractivity contribution < 1.29 is 4.74 Å². The lowest BCUT2D eigenvalue weighted by atomic mass is 10.2. The summed E-state index contributed by atoms with van der Waals surface area (Å²) in [5.74, 6) is 0.725. The Hall–Kier alpha value is -1.10. The van der Waals surface area contributed by atoms with E-state index in [2.05, 4.69) is 4.98 Å². The Balaban J connectivity index is 2.44. The predicted molar refractivity (Wildman–Crippen MR) is 71.7 cm³/mol. The topological polar surface area (TPSA) is 48.1 Å². The van der Waals surface area contributed by atoms with Crippen LogP contribution in [0, 0.1) is 0 Å². The Kier molecular flexibility index (Phi) is 3.66. The predicted octanol–water partition coefficient (Wildman–Crippen LogP) is 3.49. The van der Waals surface area contributed by atoms with Gasteiger partial charge in [-0.2, -0.15) is 0 Å². The van der Waals surface area contributed by atoms with Crippen molar-refractivity contribution in [2.45, 2.75) is 13.0 Å². The molecule has 17 heavy (non-hydrogen) atoms. The van der Waals surface area contributed by atoms with Crippen molar-refractivity contribution in [3.05, 3.63) is 34.3 Å². The number of hydrogen-bond acceptors (Lipinski definition) is 4. The molecule has 1 atom stereocenters. The Morgan fingerprint density at radius 3 is 2.82 bits per heavy atom. The molecule has 1 heterocycles. The Morgan fingerprint density at radius 1 is 1.47 bits per heavy atom. The van der Waals surface area contributed by atoms with Crippen LogP contribution in [0.15, 0.2) is 24.4 Å². The third-order valence-electron chi connectivity index (χ3n) is 2.37. The molecule has 0 fully saturated rings. The molecule has 1 aromatic carbocycles. The first-order valence-corrected chi connectivity index (χ1v) is 6.36. The van der Waals surface area contributed by atoms with Crippen LogP contribution in [0.5, 0.6) is 5.75 Å². The van der Waals surface area contributed by atoms with Crippen molar-refractivity contribution >= 4 is 22.9 Å². The number of hydrogen-bond donors (Lipinski definition) is 1. The number of benzene rings is 1. The van der Waals surface area contributed by atoms with E-state index >= 15 is 0 Å². The molecule has 0 spiro atoms. The molecule has 0 aliphatic carbocycles. The third-order valence-corrected chi connectivity index (χ3v) is 3.83. The maximum atomic E-state index is 5.92. The van der Waals surface area contributed by atoms with Gasteiger partial charge in [0.1, 0.15) is 10.8 Å². The SMILES string of the molecule is COc1cc(Cl)ccc1-c1ncc(C(C)N)s1. The summed E-state index contributed by atoms with van der Waals surface area (Å²) in [6.07, 6.45) is 1.80. The second-order valence-corrected chi connectivity index (χ2v) is 5.20. The Labute approximate surface area is 109 Å². The van der Waals surface area contributed by atoms with E-state index in [1.807, 2.05) is 19.1 Å². The Morgan fingerprint density at radius 2 is 2.24 bits per heavy atom. The first-order valence-electron chi connectivity index (χ1n) is 5.17. The second kappa shape index (κ2) is 5.04. The summed E-state index contributed by atoms with van der Waals surface area (Å²) in [5, 5.41) is 1.54. The van der Waals surface area contributed by atoms with Gasteiger partial charge in [-0.1, -0.05) is 11.6 Å². The first-order chi connectivity index (χ1) is 8.11. The van der Waals surface area contributed by atoms with Gasteiger partial charge in [0.2, 0.25) is 0 Å². The van der Waals surface area contributed by atoms with Crippen molar-refractivity contribution in [1.82, 2.24) is 4.98 Å². The van der Waals surface area contributed by atoms with Gasteiger partial charge in [0, 0.05) is 22.1 Å². The molecule has 0 saturated carbocycles. The monoisotopic (exact) mass is 268 g/mol. The highest BCUT2D eigenvalue weighted by molar-refractivity contribution is 7.15. The van der Waals surface area contributed by atoms with Crippen LogP contribution in [0.3, 0.4) is 0 Å². The number of nitrogens with zero attached hydrogens (tertiary/aromatic N) is 1. The minimum Gasteiger partial charge on any atom is -0.496 e. The molecule has 0 bridgehead atoms. The lowest BCUT2D eigenvalue weighted by molar-refractivity contribution is 0.416. The van der Waals surface area contributed by atoms with Gasteiger partial charge < -0.3 is 10.5 Å². The summed E-state index contributed by atoms with van der Waals surface area (Å²) in [6.45, 7) is 1.94. The highest BCUT2D eigenvalue weighted by atomic mass is 35.5. The van der Waals surface area contributed by atoms with Crippen LogP contribution in [0.4, 0.5) is 0 Å². The molecule has 1 aromatic heterocycles. The van der Waals surface area contributed by atoms with Crippen LogP contribution in [-0.2, 0) is 0 Å². The molecule has 2 aromatic rings. The normalized spacial score (nSPS) is 12.5. The second-order valence-electron chi connectivity index (χ2n) is 3.70. The molecule has 90 valence electrons. The molecule has 0 aliphatic rings. The van der Waals surface area contributed by atoms with E-state index in [0.29, 0.717) is 5.02 Å². The number of ether oxygens (including phenoxy) is 1. The van der Waals surface area contributed by atoms with Crippen molar-refractivity contribution in [3.8, 4) is 16.3 Å². The first kappa shape index (κ1) is 12.4. The molecule has 0 amide bonds. The standard InChI is InChI=1S/C12H13ClN2OS/c1-7(14)11-6-15-12(17-11)9-4-3-8(13)5-10(9)16-2/h3-7H,14H2,1-2H3. The van der Waals surface area contributed by atoms with Gasteiger partial charge >= 0.3 is 0 Å². The van der Waals surface area contributed by atoms with Crippen molar-refractivity contribution in [2.75, 3.05) is 7.11 Å². The summed E-state index contributed by atoms with van der Waals surface area (Å²) >= 11 is 7.49. The number of aromatic nitrogens is 1. The molecular weight excluding hydrogens is 256 g/mol. The van der Waals surface area contributed by atoms with E-state index in [9.17, 15) is 0 Å². The van der Waals surface area contributed by atoms with E-state index in [4.69, 9.17) is 22.1 Å². The zero-order valence-electron chi connectivity index (χ0n) is 9.61. The lowest BCUT2D eigenvalue weighted by Crippen LogP contribution is -2.01. The third kappa shape index (κ3) is 2.60. The molecule has 2 rings (SSSR count). The summed E-state index contributed by atoms with van der Waals surface area (Å²) < 4.78 is 5.30. The molecule has 0 saturated heterocycles. The van der Waals surface area contributed by atoms with Gasteiger partial charge in [-0.15, -0.1) is 11.3 Å². The largest absolute Gasteiger partial charge is 0.496 e. The number of methoxy groups -OCH3 is 1. The van der Waals surface area contributed by atoms with Crippen LogP contribution in [0.1, 0.15) is 17.8 Å². The average molecular weight is 269 g/mol. The number of rotatable bonds is 3. The Bertz CT molecular complexity index is 525. The number of nitrogens with two attached hydrogens (primary N) is 1. The fourth-order valence-corrected chi connectivity index (χ4v) is 2.52. The van der Waals surface area contributed by atoms with Crippen molar-refractivity contribution in [3.63, 3.8) is 0 Å². The van der Waals surface area contributed by atoms with Crippen LogP contribution in [-0.4, -0.2) is 12.1 Å². The van der Waals surface area contributed by atoms with Crippen LogP contribution >= 0.6 is 22.9 Å². The number of thiazole rings is 1. The van der Waals surface area contributed by atoms with E-state index < -0.39 is 0 Å². The smallest absolute Gasteiger partial charge is 0.130 e. The maximum absolute atomic E-state index is 5.92. The number of halogens is 1. The summed E-state index contributed by atoms with van der Waals surface area (Å²) in [4.78, 5) is 5.41. The lowest BCUT2D eigenvalue weighted by Gasteiger charge is -2.06. The molecule has 0 radical (unpaired) electrons. The van der Waals surface area contributed by atoms with E-state index in [1.165, 1.54) is 0 Å². The van der Waals surface area contributed by atoms with E-state index in [-0.39, 0.29) is 6.04 Å². The van der Waals surface area contributed by atoms with E-state index in [0.717, 1.165) is 21.2 Å². The highest BCUT2D eigenvalue weighted by Crippen LogP contribution is 2.35. The van der Waals surface area contributed by atoms with E-state index in [1.54, 1.807) is 30.7 Å². The molecule has 2 N–H and O–H groups in total.